The summed E-state index contributed by atoms with van der Waals surface area (Å²) in [5.74, 6) is -2.33. The number of halogens is 1. The van der Waals surface area contributed by atoms with Crippen LogP contribution < -0.4 is 5.32 Å². The molecule has 3 N–H and O–H groups in total. The summed E-state index contributed by atoms with van der Waals surface area (Å²) in [5.41, 5.74) is -0.513. The average molecular weight is 381 g/mol. The fraction of sp³-hybridized carbons (Fsp3) is 0.438. The van der Waals surface area contributed by atoms with Gasteiger partial charge in [-0.3, -0.25) is 4.79 Å². The molecule has 27 heavy (non-hydrogen) atoms. The van der Waals surface area contributed by atoms with E-state index in [0.717, 1.165) is 16.9 Å². The van der Waals surface area contributed by atoms with Crippen LogP contribution in [0.1, 0.15) is 33.0 Å². The number of rotatable bonds is 6. The molecule has 2 aromatic rings. The molecule has 1 atom stereocenters. The number of carbonyl (C=O) groups is 2. The van der Waals surface area contributed by atoms with Crippen molar-refractivity contribution in [2.75, 3.05) is 0 Å². The number of alkyl carbamates (subject to hydrolysis) is 1. The smallest absolute Gasteiger partial charge is 0.407 e. The van der Waals surface area contributed by atoms with Gasteiger partial charge in [-0.15, -0.1) is 15.0 Å². The number of amides is 1. The molecular formula is C16H20FN5O5. The number of carbonyl (C=O) groups excluding carboxylic acids is 1. The van der Waals surface area contributed by atoms with Crippen LogP contribution in [0.3, 0.4) is 0 Å². The third kappa shape index (κ3) is 6.20. The molecule has 0 aliphatic heterocycles. The van der Waals surface area contributed by atoms with E-state index in [2.05, 4.69) is 20.7 Å². The Morgan fingerprint density at radius 2 is 2.07 bits per heavy atom. The predicted octanol–water partition coefficient (Wildman–Crippen LogP) is 1.42. The highest BCUT2D eigenvalue weighted by molar-refractivity contribution is 5.71. The average Bonchev–Trinajstić information content (AvgIpc) is 2.95. The van der Waals surface area contributed by atoms with Gasteiger partial charge in [0.15, 0.2) is 17.4 Å². The number of carboxylic acid groups (broad SMARTS) is 1. The van der Waals surface area contributed by atoms with Crippen molar-refractivity contribution in [3.8, 4) is 11.4 Å². The number of aliphatic carboxylic acids is 1. The van der Waals surface area contributed by atoms with Gasteiger partial charge < -0.3 is 20.3 Å². The van der Waals surface area contributed by atoms with E-state index in [4.69, 9.17) is 9.84 Å². The lowest BCUT2D eigenvalue weighted by molar-refractivity contribution is -0.137. The number of ether oxygens (including phenoxy) is 1. The summed E-state index contributed by atoms with van der Waals surface area (Å²) in [5, 5.41) is 32.3. The van der Waals surface area contributed by atoms with Crippen LogP contribution in [0.4, 0.5) is 9.18 Å². The summed E-state index contributed by atoms with van der Waals surface area (Å²) in [6.45, 7) is 5.05. The molecule has 1 aromatic heterocycles. The first-order chi connectivity index (χ1) is 12.5. The van der Waals surface area contributed by atoms with Crippen molar-refractivity contribution in [3.05, 3.63) is 29.8 Å². The van der Waals surface area contributed by atoms with Gasteiger partial charge in [0.25, 0.3) is 0 Å². The van der Waals surface area contributed by atoms with Crippen molar-refractivity contribution in [1.29, 1.82) is 0 Å². The SMILES string of the molecule is CC(C)(C)OC(=O)NC(CC(=O)O)Cc1nnn(-c2ccc(O)c(F)c2)n1. The Kier molecular flexibility index (Phi) is 5.93. The number of benzene rings is 1. The van der Waals surface area contributed by atoms with Gasteiger partial charge in [-0.2, -0.15) is 0 Å². The van der Waals surface area contributed by atoms with Gasteiger partial charge in [-0.25, -0.2) is 9.18 Å². The predicted molar refractivity (Wildman–Crippen MR) is 89.9 cm³/mol. The van der Waals surface area contributed by atoms with Crippen molar-refractivity contribution in [1.82, 2.24) is 25.5 Å². The van der Waals surface area contributed by atoms with Gasteiger partial charge in [0.05, 0.1) is 12.1 Å². The largest absolute Gasteiger partial charge is 0.505 e. The van der Waals surface area contributed by atoms with Gasteiger partial charge in [-0.1, -0.05) is 0 Å². The number of phenolic OH excluding ortho intramolecular Hbond substituents is 1. The lowest BCUT2D eigenvalue weighted by atomic mass is 10.1. The molecule has 1 aromatic carbocycles. The van der Waals surface area contributed by atoms with Crippen LogP contribution in [0.5, 0.6) is 5.75 Å². The number of aromatic hydroxyl groups is 1. The first-order valence-electron chi connectivity index (χ1n) is 8.02. The monoisotopic (exact) mass is 381 g/mol. The Labute approximate surface area is 153 Å². The van der Waals surface area contributed by atoms with E-state index in [1.54, 1.807) is 20.8 Å². The minimum Gasteiger partial charge on any atom is -0.505 e. The van der Waals surface area contributed by atoms with Gasteiger partial charge in [0.1, 0.15) is 5.60 Å². The second kappa shape index (κ2) is 7.98. The topological polar surface area (TPSA) is 139 Å². The lowest BCUT2D eigenvalue weighted by Crippen LogP contribution is -2.41. The van der Waals surface area contributed by atoms with Gasteiger partial charge in [0.2, 0.25) is 0 Å². The van der Waals surface area contributed by atoms with Crippen LogP contribution in [-0.4, -0.2) is 54.1 Å². The van der Waals surface area contributed by atoms with Crippen molar-refractivity contribution in [2.45, 2.75) is 45.3 Å². The Morgan fingerprint density at radius 3 is 2.67 bits per heavy atom. The van der Waals surface area contributed by atoms with E-state index in [0.29, 0.717) is 0 Å². The number of tetrazole rings is 1. The third-order valence-electron chi connectivity index (χ3n) is 3.19. The van der Waals surface area contributed by atoms with Gasteiger partial charge >= 0.3 is 12.1 Å². The quantitative estimate of drug-likeness (QED) is 0.682. The van der Waals surface area contributed by atoms with Crippen molar-refractivity contribution in [2.24, 2.45) is 0 Å². The number of phenols is 1. The van der Waals surface area contributed by atoms with Crippen molar-refractivity contribution >= 4 is 12.1 Å². The molecular weight excluding hydrogens is 361 g/mol. The number of hydrogen-bond donors (Lipinski definition) is 3. The Hall–Kier alpha value is -3.24. The van der Waals surface area contributed by atoms with Crippen LogP contribution in [0.25, 0.3) is 5.69 Å². The maximum atomic E-state index is 13.4. The number of nitrogens with one attached hydrogen (secondary N) is 1. The minimum absolute atomic E-state index is 0.0217. The molecule has 0 aliphatic rings. The highest BCUT2D eigenvalue weighted by atomic mass is 19.1. The van der Waals surface area contributed by atoms with E-state index in [9.17, 15) is 19.1 Å². The molecule has 0 fully saturated rings. The van der Waals surface area contributed by atoms with Crippen LogP contribution in [0.2, 0.25) is 0 Å². The fourth-order valence-corrected chi connectivity index (χ4v) is 2.13. The molecule has 1 heterocycles. The summed E-state index contributed by atoms with van der Waals surface area (Å²) in [7, 11) is 0. The summed E-state index contributed by atoms with van der Waals surface area (Å²) in [6.07, 6.45) is -1.16. The van der Waals surface area contributed by atoms with Crippen LogP contribution >= 0.6 is 0 Å². The normalized spacial score (nSPS) is 12.4. The zero-order valence-corrected chi connectivity index (χ0v) is 15.0. The number of hydrogen-bond acceptors (Lipinski definition) is 7. The molecule has 0 aliphatic carbocycles. The van der Waals surface area contributed by atoms with E-state index in [1.807, 2.05) is 0 Å². The van der Waals surface area contributed by atoms with Gasteiger partial charge in [0, 0.05) is 18.5 Å². The van der Waals surface area contributed by atoms with E-state index in [-0.39, 0.29) is 24.4 Å². The standard InChI is InChI=1S/C16H20FN5O5/c1-16(2,3)27-15(26)18-9(7-14(24)25)6-13-19-21-22(20-13)10-4-5-12(23)11(17)8-10/h4-5,8-9,23H,6-7H2,1-3H3,(H,18,26)(H,24,25). The van der Waals surface area contributed by atoms with E-state index < -0.39 is 35.3 Å². The van der Waals surface area contributed by atoms with Crippen LogP contribution in [0.15, 0.2) is 18.2 Å². The molecule has 0 bridgehead atoms. The summed E-state index contributed by atoms with van der Waals surface area (Å²) >= 11 is 0. The minimum atomic E-state index is -1.12. The zero-order valence-electron chi connectivity index (χ0n) is 15.0. The molecule has 0 saturated carbocycles. The number of carboxylic acids is 1. The van der Waals surface area contributed by atoms with Crippen molar-refractivity contribution < 1.29 is 28.9 Å². The van der Waals surface area contributed by atoms with Gasteiger partial charge in [-0.05, 0) is 38.1 Å². The van der Waals surface area contributed by atoms with Crippen LogP contribution in [0, 0.1) is 5.82 Å². The summed E-state index contributed by atoms with van der Waals surface area (Å²) < 4.78 is 18.6. The first-order valence-corrected chi connectivity index (χ1v) is 8.02. The molecule has 0 saturated heterocycles. The lowest BCUT2D eigenvalue weighted by Gasteiger charge is -2.22. The van der Waals surface area contributed by atoms with E-state index in [1.165, 1.54) is 6.07 Å². The number of aromatic nitrogens is 4. The second-order valence-corrected chi connectivity index (χ2v) is 6.78. The third-order valence-corrected chi connectivity index (χ3v) is 3.19. The molecule has 2 rings (SSSR count). The van der Waals surface area contributed by atoms with E-state index >= 15 is 0 Å². The Bertz CT molecular complexity index is 833. The molecule has 0 radical (unpaired) electrons. The molecule has 11 heteroatoms. The molecule has 10 nitrogen and oxygen atoms in total. The molecule has 146 valence electrons. The van der Waals surface area contributed by atoms with Crippen molar-refractivity contribution in [3.63, 3.8) is 0 Å². The zero-order chi connectivity index (χ0) is 20.2. The van der Waals surface area contributed by atoms with Crippen LogP contribution in [-0.2, 0) is 16.0 Å². The maximum Gasteiger partial charge on any atom is 0.407 e. The maximum absolute atomic E-state index is 13.4. The Balaban J connectivity index is 2.11. The second-order valence-electron chi connectivity index (χ2n) is 6.78. The molecule has 0 spiro atoms. The Morgan fingerprint density at radius 1 is 1.37 bits per heavy atom. The highest BCUT2D eigenvalue weighted by Gasteiger charge is 2.23. The number of nitrogens with zero attached hydrogens (tertiary/aromatic N) is 4. The summed E-state index contributed by atoms with van der Waals surface area (Å²) in [6, 6.07) is 2.73. The fourth-order valence-electron chi connectivity index (χ4n) is 2.13. The molecule has 1 unspecified atom stereocenters. The molecule has 1 amide bonds. The summed E-state index contributed by atoms with van der Waals surface area (Å²) in [4.78, 5) is 24.0. The first kappa shape index (κ1) is 20.1. The highest BCUT2D eigenvalue weighted by Crippen LogP contribution is 2.18.